The van der Waals surface area contributed by atoms with E-state index in [2.05, 4.69) is 20.1 Å². The molecule has 0 atom stereocenters. The van der Waals surface area contributed by atoms with Crippen molar-refractivity contribution in [2.24, 2.45) is 0 Å². The highest BCUT2D eigenvalue weighted by molar-refractivity contribution is 5.28. The van der Waals surface area contributed by atoms with Gasteiger partial charge >= 0.3 is 0 Å². The fraction of sp³-hybridized carbons (Fsp3) is 0.818. The van der Waals surface area contributed by atoms with Crippen LogP contribution in [0.2, 0.25) is 0 Å². The van der Waals surface area contributed by atoms with E-state index in [1.54, 1.807) is 0 Å². The highest BCUT2D eigenvalue weighted by atomic mass is 15.4. The summed E-state index contributed by atoms with van der Waals surface area (Å²) in [6, 6.07) is 0. The summed E-state index contributed by atoms with van der Waals surface area (Å²) in [5, 5.41) is 11.9. The van der Waals surface area contributed by atoms with E-state index in [0.717, 1.165) is 19.0 Å². The zero-order valence-corrected chi connectivity index (χ0v) is 9.08. The second-order valence-corrected chi connectivity index (χ2v) is 4.65. The summed E-state index contributed by atoms with van der Waals surface area (Å²) in [7, 11) is 0. The molecule has 0 amide bonds. The van der Waals surface area contributed by atoms with Crippen LogP contribution in [0, 0.1) is 0 Å². The first-order valence-corrected chi connectivity index (χ1v) is 6.12. The largest absolute Gasteiger partial charge is 0.354 e. The first-order valence-electron chi connectivity index (χ1n) is 6.12. The van der Waals surface area contributed by atoms with E-state index in [1.165, 1.54) is 44.3 Å². The van der Waals surface area contributed by atoms with E-state index in [4.69, 9.17) is 0 Å². The molecule has 1 aromatic heterocycles. The third kappa shape index (κ3) is 1.62. The molecule has 82 valence electrons. The van der Waals surface area contributed by atoms with Gasteiger partial charge in [-0.15, -0.1) is 10.2 Å². The standard InChI is InChI=1S/C11H18N4/c1-2-5-9(6-3-1)10-13-14-11-12-7-4-8-15(10)11/h9H,1-8H2,(H,12,14). The zero-order valence-electron chi connectivity index (χ0n) is 9.08. The second-order valence-electron chi connectivity index (χ2n) is 4.65. The molecule has 2 heterocycles. The number of hydrogen-bond donors (Lipinski definition) is 1. The lowest BCUT2D eigenvalue weighted by atomic mass is 9.88. The van der Waals surface area contributed by atoms with E-state index in [9.17, 15) is 0 Å². The monoisotopic (exact) mass is 206 g/mol. The molecule has 0 aromatic carbocycles. The predicted molar refractivity (Wildman–Crippen MR) is 59.0 cm³/mol. The molecule has 4 nitrogen and oxygen atoms in total. The maximum Gasteiger partial charge on any atom is 0.224 e. The lowest BCUT2D eigenvalue weighted by Crippen LogP contribution is -2.20. The molecule has 0 radical (unpaired) electrons. The van der Waals surface area contributed by atoms with Crippen LogP contribution >= 0.6 is 0 Å². The molecule has 15 heavy (non-hydrogen) atoms. The topological polar surface area (TPSA) is 42.7 Å². The summed E-state index contributed by atoms with van der Waals surface area (Å²) in [5.74, 6) is 2.89. The summed E-state index contributed by atoms with van der Waals surface area (Å²) in [6.45, 7) is 2.14. The van der Waals surface area contributed by atoms with Crippen molar-refractivity contribution >= 4 is 5.95 Å². The van der Waals surface area contributed by atoms with Crippen LogP contribution in [0.1, 0.15) is 50.3 Å². The van der Waals surface area contributed by atoms with E-state index in [1.807, 2.05) is 0 Å². The summed E-state index contributed by atoms with van der Waals surface area (Å²) < 4.78 is 2.29. The van der Waals surface area contributed by atoms with Gasteiger partial charge in [-0.2, -0.15) is 0 Å². The number of anilines is 1. The summed E-state index contributed by atoms with van der Waals surface area (Å²) in [4.78, 5) is 0. The molecule has 0 bridgehead atoms. The first kappa shape index (κ1) is 9.19. The molecular weight excluding hydrogens is 188 g/mol. The van der Waals surface area contributed by atoms with Crippen molar-refractivity contribution in [3.8, 4) is 0 Å². The Kier molecular flexibility index (Phi) is 2.35. The smallest absolute Gasteiger partial charge is 0.224 e. The minimum absolute atomic E-state index is 0.667. The Bertz CT molecular complexity index is 338. The third-order valence-electron chi connectivity index (χ3n) is 3.59. The van der Waals surface area contributed by atoms with Crippen molar-refractivity contribution in [3.63, 3.8) is 0 Å². The van der Waals surface area contributed by atoms with E-state index in [0.29, 0.717) is 5.92 Å². The molecule has 1 aromatic rings. The van der Waals surface area contributed by atoms with Crippen LogP contribution in [-0.4, -0.2) is 21.3 Å². The number of rotatable bonds is 1. The van der Waals surface area contributed by atoms with Crippen LogP contribution in [-0.2, 0) is 6.54 Å². The molecule has 1 aliphatic carbocycles. The number of nitrogens with zero attached hydrogens (tertiary/aromatic N) is 3. The van der Waals surface area contributed by atoms with Crippen LogP contribution in [0.5, 0.6) is 0 Å². The molecule has 3 rings (SSSR count). The average molecular weight is 206 g/mol. The van der Waals surface area contributed by atoms with Gasteiger partial charge in [0.1, 0.15) is 5.82 Å². The van der Waals surface area contributed by atoms with Gasteiger partial charge in [0.05, 0.1) is 0 Å². The highest BCUT2D eigenvalue weighted by Crippen LogP contribution is 2.33. The van der Waals surface area contributed by atoms with Crippen molar-refractivity contribution in [2.45, 2.75) is 51.0 Å². The normalized spacial score (nSPS) is 22.1. The lowest BCUT2D eigenvalue weighted by molar-refractivity contribution is 0.412. The number of hydrogen-bond acceptors (Lipinski definition) is 3. The van der Waals surface area contributed by atoms with E-state index < -0.39 is 0 Å². The van der Waals surface area contributed by atoms with Gasteiger partial charge in [0.15, 0.2) is 0 Å². The van der Waals surface area contributed by atoms with Crippen molar-refractivity contribution in [1.29, 1.82) is 0 Å². The summed E-state index contributed by atoms with van der Waals surface area (Å²) >= 11 is 0. The van der Waals surface area contributed by atoms with Crippen LogP contribution in [0.3, 0.4) is 0 Å². The van der Waals surface area contributed by atoms with Crippen molar-refractivity contribution in [3.05, 3.63) is 5.82 Å². The van der Waals surface area contributed by atoms with Crippen molar-refractivity contribution < 1.29 is 0 Å². The van der Waals surface area contributed by atoms with Crippen LogP contribution < -0.4 is 5.32 Å². The van der Waals surface area contributed by atoms with Crippen molar-refractivity contribution in [1.82, 2.24) is 14.8 Å². The molecule has 1 fully saturated rings. The van der Waals surface area contributed by atoms with Crippen LogP contribution in [0.25, 0.3) is 0 Å². The lowest BCUT2D eigenvalue weighted by Gasteiger charge is -2.23. The first-order chi connectivity index (χ1) is 7.45. The number of fused-ring (bicyclic) bond motifs is 1. The average Bonchev–Trinajstić information content (AvgIpc) is 2.74. The Morgan fingerprint density at radius 3 is 2.80 bits per heavy atom. The number of nitrogens with one attached hydrogen (secondary N) is 1. The molecule has 4 heteroatoms. The quantitative estimate of drug-likeness (QED) is 0.765. The van der Waals surface area contributed by atoms with Crippen LogP contribution in [0.15, 0.2) is 0 Å². The Morgan fingerprint density at radius 2 is 1.93 bits per heavy atom. The fourth-order valence-corrected chi connectivity index (χ4v) is 2.77. The molecule has 0 saturated heterocycles. The molecule has 0 unspecified atom stereocenters. The Balaban J connectivity index is 1.87. The molecule has 1 N–H and O–H groups in total. The minimum atomic E-state index is 0.667. The van der Waals surface area contributed by atoms with Gasteiger partial charge in [0.25, 0.3) is 0 Å². The highest BCUT2D eigenvalue weighted by Gasteiger charge is 2.24. The van der Waals surface area contributed by atoms with Gasteiger partial charge in [-0.25, -0.2) is 0 Å². The maximum absolute atomic E-state index is 4.37. The van der Waals surface area contributed by atoms with Crippen LogP contribution in [0.4, 0.5) is 5.95 Å². The van der Waals surface area contributed by atoms with Gasteiger partial charge in [-0.3, -0.25) is 4.57 Å². The maximum atomic E-state index is 4.37. The molecule has 2 aliphatic rings. The Hall–Kier alpha value is -1.06. The Labute approximate surface area is 90.1 Å². The minimum Gasteiger partial charge on any atom is -0.354 e. The second kappa shape index (κ2) is 3.83. The summed E-state index contributed by atoms with van der Waals surface area (Å²) in [6.07, 6.45) is 7.93. The van der Waals surface area contributed by atoms with E-state index in [-0.39, 0.29) is 0 Å². The van der Waals surface area contributed by atoms with Gasteiger partial charge in [0.2, 0.25) is 5.95 Å². The fourth-order valence-electron chi connectivity index (χ4n) is 2.77. The van der Waals surface area contributed by atoms with Gasteiger partial charge < -0.3 is 5.32 Å². The van der Waals surface area contributed by atoms with Crippen molar-refractivity contribution in [2.75, 3.05) is 11.9 Å². The number of aromatic nitrogens is 3. The Morgan fingerprint density at radius 1 is 1.07 bits per heavy atom. The molecular formula is C11H18N4. The van der Waals surface area contributed by atoms with Gasteiger partial charge in [0, 0.05) is 19.0 Å². The summed E-state index contributed by atoms with van der Waals surface area (Å²) in [5.41, 5.74) is 0. The zero-order chi connectivity index (χ0) is 10.1. The third-order valence-corrected chi connectivity index (χ3v) is 3.59. The van der Waals surface area contributed by atoms with E-state index >= 15 is 0 Å². The molecule has 1 saturated carbocycles. The molecule has 1 aliphatic heterocycles. The van der Waals surface area contributed by atoms with Gasteiger partial charge in [-0.05, 0) is 19.3 Å². The predicted octanol–water partition coefficient (Wildman–Crippen LogP) is 2.14. The molecule has 0 spiro atoms. The SMILES string of the molecule is C1CCC(c2nnc3n2CCCN3)CC1. The van der Waals surface area contributed by atoms with Gasteiger partial charge in [-0.1, -0.05) is 19.3 Å².